The van der Waals surface area contributed by atoms with Crippen LogP contribution in [0.1, 0.15) is 63.8 Å². The number of hydrogen-bond acceptors (Lipinski definition) is 6. The average molecular weight is 533 g/mol. The highest BCUT2D eigenvalue weighted by Gasteiger charge is 2.31. The van der Waals surface area contributed by atoms with Gasteiger partial charge in [0, 0.05) is 54.1 Å². The highest BCUT2D eigenvalue weighted by molar-refractivity contribution is 6.31. The third-order valence-electron chi connectivity index (χ3n) is 5.99. The van der Waals surface area contributed by atoms with Crippen molar-refractivity contribution >= 4 is 35.1 Å². The Morgan fingerprint density at radius 1 is 1.41 bits per heavy atom. The van der Waals surface area contributed by atoms with E-state index in [4.69, 9.17) is 22.1 Å². The fourth-order valence-electron chi connectivity index (χ4n) is 3.98. The van der Waals surface area contributed by atoms with Gasteiger partial charge in [-0.2, -0.15) is 0 Å². The molecular formula is C28H38ClFN4O3. The Labute approximate surface area is 224 Å². The lowest BCUT2D eigenvalue weighted by Gasteiger charge is -2.25. The first-order valence-corrected chi connectivity index (χ1v) is 12.6. The number of ether oxygens (including phenoxy) is 1. The Bertz CT molecular complexity index is 1160. The molecule has 2 atom stereocenters. The molecule has 0 bridgehead atoms. The van der Waals surface area contributed by atoms with Gasteiger partial charge in [0.1, 0.15) is 11.9 Å². The summed E-state index contributed by atoms with van der Waals surface area (Å²) in [5.74, 6) is 0.474. The van der Waals surface area contributed by atoms with Gasteiger partial charge in [0.15, 0.2) is 11.6 Å². The maximum atomic E-state index is 13.9. The van der Waals surface area contributed by atoms with Crippen LogP contribution in [0, 0.1) is 18.2 Å². The van der Waals surface area contributed by atoms with E-state index in [0.29, 0.717) is 35.0 Å². The summed E-state index contributed by atoms with van der Waals surface area (Å²) >= 11 is 6.23. The number of nitrogen functional groups attached to an aromatic ring is 1. The maximum absolute atomic E-state index is 13.9. The van der Waals surface area contributed by atoms with Crippen LogP contribution in [0.5, 0.6) is 5.75 Å². The number of likely N-dealkylation sites (tertiary alicyclic amines) is 1. The number of nitrogens with two attached hydrogens (primary N) is 1. The molecule has 37 heavy (non-hydrogen) atoms. The topological polar surface area (TPSA) is 101 Å². The zero-order chi connectivity index (χ0) is 27.9. The van der Waals surface area contributed by atoms with Gasteiger partial charge < -0.3 is 20.5 Å². The van der Waals surface area contributed by atoms with E-state index < -0.39 is 6.10 Å². The molecule has 1 aromatic heterocycles. The van der Waals surface area contributed by atoms with Crippen molar-refractivity contribution in [1.82, 2.24) is 9.88 Å². The van der Waals surface area contributed by atoms with E-state index in [2.05, 4.69) is 9.98 Å². The third-order valence-corrected chi connectivity index (χ3v) is 6.32. The predicted octanol–water partition coefficient (Wildman–Crippen LogP) is 5.63. The molecule has 0 saturated carbocycles. The summed E-state index contributed by atoms with van der Waals surface area (Å²) in [6, 6.07) is 4.65. The minimum Gasteiger partial charge on any atom is -0.482 e. The number of allylic oxidation sites excluding steroid dienone is 2. The predicted molar refractivity (Wildman–Crippen MR) is 149 cm³/mol. The van der Waals surface area contributed by atoms with E-state index in [1.54, 1.807) is 44.3 Å². The Morgan fingerprint density at radius 3 is 2.62 bits per heavy atom. The molecule has 7 nitrogen and oxygen atoms in total. The van der Waals surface area contributed by atoms with Crippen molar-refractivity contribution in [1.29, 1.82) is 0 Å². The second-order valence-corrected chi connectivity index (χ2v) is 10.4. The van der Waals surface area contributed by atoms with Crippen LogP contribution in [0.25, 0.3) is 5.57 Å². The van der Waals surface area contributed by atoms with Crippen LogP contribution in [0.15, 0.2) is 35.5 Å². The fourth-order valence-corrected chi connectivity index (χ4v) is 4.34. The van der Waals surface area contributed by atoms with Gasteiger partial charge in [-0.05, 0) is 56.5 Å². The Balaban J connectivity index is 0.000000335. The second-order valence-electron chi connectivity index (χ2n) is 10.0. The largest absolute Gasteiger partial charge is 0.482 e. The Kier molecular flexibility index (Phi) is 10.6. The molecule has 1 aromatic carbocycles. The zero-order valence-electron chi connectivity index (χ0n) is 22.7. The molecule has 0 aliphatic carbocycles. The first-order valence-electron chi connectivity index (χ1n) is 12.2. The first-order chi connectivity index (χ1) is 17.3. The van der Waals surface area contributed by atoms with Crippen LogP contribution in [0.4, 0.5) is 10.2 Å². The summed E-state index contributed by atoms with van der Waals surface area (Å²) < 4.78 is 19.8. The molecule has 3 rings (SSSR count). The molecule has 0 spiro atoms. The molecule has 1 fully saturated rings. The molecule has 1 aliphatic heterocycles. The molecule has 1 amide bonds. The van der Waals surface area contributed by atoms with Gasteiger partial charge in [-0.3, -0.25) is 9.79 Å². The molecule has 2 heterocycles. The highest BCUT2D eigenvalue weighted by atomic mass is 35.5. The van der Waals surface area contributed by atoms with Gasteiger partial charge in [-0.15, -0.1) is 0 Å². The lowest BCUT2D eigenvalue weighted by Crippen LogP contribution is -2.38. The second kappa shape index (κ2) is 13.0. The number of aromatic nitrogens is 1. The SMILES string of the molecule is C/C=C(\C=NC)c1cnc(N)c(OC(C)c2c(Cl)ccc(F)c2C)c1.CC(C)(C)C(=O)N1CC[C@@H](O)C1. The van der Waals surface area contributed by atoms with Crippen LogP contribution < -0.4 is 10.5 Å². The standard InChI is InChI=1S/C19H21ClFN3O.C9H17NO2/c1-5-13(9-23-4)14-8-17(19(22)24-10-14)25-12(3)18-11(2)16(21)7-6-15(18)20;1-9(2,3)8(12)10-5-4-7(11)6-10/h5-10,12H,1-4H3,(H2,22,24);7,11H,4-6H2,1-3H3/b13-5+,23-9?;/t;7-/m.1/s1. The number of carbonyl (C=O) groups is 1. The van der Waals surface area contributed by atoms with Gasteiger partial charge in [-0.1, -0.05) is 38.4 Å². The molecule has 0 radical (unpaired) electrons. The van der Waals surface area contributed by atoms with Crippen molar-refractivity contribution in [3.05, 3.63) is 58.0 Å². The van der Waals surface area contributed by atoms with Crippen molar-refractivity contribution < 1.29 is 19.0 Å². The summed E-state index contributed by atoms with van der Waals surface area (Å²) in [7, 11) is 1.70. The minimum absolute atomic E-state index is 0.138. The quantitative estimate of drug-likeness (QED) is 0.486. The van der Waals surface area contributed by atoms with Crippen LogP contribution in [0.2, 0.25) is 5.02 Å². The zero-order valence-corrected chi connectivity index (χ0v) is 23.4. The van der Waals surface area contributed by atoms with Crippen molar-refractivity contribution in [3.63, 3.8) is 0 Å². The van der Waals surface area contributed by atoms with Gasteiger partial charge >= 0.3 is 0 Å². The van der Waals surface area contributed by atoms with E-state index in [0.717, 1.165) is 17.6 Å². The van der Waals surface area contributed by atoms with E-state index in [1.807, 2.05) is 33.8 Å². The molecule has 1 aliphatic rings. The average Bonchev–Trinajstić information content (AvgIpc) is 3.27. The number of amides is 1. The van der Waals surface area contributed by atoms with Crippen LogP contribution in [0.3, 0.4) is 0 Å². The number of benzene rings is 1. The summed E-state index contributed by atoms with van der Waals surface area (Å²) in [5.41, 5.74) is 8.39. The number of pyridine rings is 1. The summed E-state index contributed by atoms with van der Waals surface area (Å²) in [5, 5.41) is 9.67. The molecule has 1 unspecified atom stereocenters. The summed E-state index contributed by atoms with van der Waals surface area (Å²) in [6.07, 6.45) is 5.23. The van der Waals surface area contributed by atoms with Gasteiger partial charge in [0.25, 0.3) is 0 Å². The van der Waals surface area contributed by atoms with Crippen LogP contribution in [-0.2, 0) is 4.79 Å². The summed E-state index contributed by atoms with van der Waals surface area (Å²) in [4.78, 5) is 21.6. The number of nitrogens with zero attached hydrogens (tertiary/aromatic N) is 3. The number of aliphatic hydroxyl groups excluding tert-OH is 1. The third kappa shape index (κ3) is 8.01. The lowest BCUT2D eigenvalue weighted by molar-refractivity contribution is -0.138. The van der Waals surface area contributed by atoms with Crippen LogP contribution in [-0.4, -0.2) is 53.4 Å². The number of rotatable bonds is 5. The van der Waals surface area contributed by atoms with Crippen molar-refractivity contribution in [3.8, 4) is 5.75 Å². The number of carbonyl (C=O) groups excluding carboxylic acids is 1. The van der Waals surface area contributed by atoms with Gasteiger partial charge in [0.05, 0.1) is 6.10 Å². The Hall–Kier alpha value is -2.97. The van der Waals surface area contributed by atoms with Crippen molar-refractivity contribution in [2.24, 2.45) is 10.4 Å². The van der Waals surface area contributed by atoms with E-state index >= 15 is 0 Å². The normalized spacial score (nSPS) is 17.0. The molecule has 3 N–H and O–H groups in total. The van der Waals surface area contributed by atoms with E-state index in [1.165, 1.54) is 12.1 Å². The van der Waals surface area contributed by atoms with Crippen molar-refractivity contribution in [2.75, 3.05) is 25.9 Å². The highest BCUT2D eigenvalue weighted by Crippen LogP contribution is 2.34. The summed E-state index contributed by atoms with van der Waals surface area (Å²) in [6.45, 7) is 12.3. The lowest BCUT2D eigenvalue weighted by atomic mass is 9.95. The van der Waals surface area contributed by atoms with Crippen LogP contribution >= 0.6 is 11.6 Å². The van der Waals surface area contributed by atoms with E-state index in [-0.39, 0.29) is 29.1 Å². The number of hydrogen-bond donors (Lipinski definition) is 2. The first kappa shape index (κ1) is 30.3. The monoisotopic (exact) mass is 532 g/mol. The number of aliphatic hydroxyl groups is 1. The number of β-amino-alcohol motifs (C(OH)–C–C–N with tert-alkyl or cyclic N) is 1. The minimum atomic E-state index is -0.489. The molecular weight excluding hydrogens is 495 g/mol. The fraction of sp³-hybridized carbons (Fsp3) is 0.464. The van der Waals surface area contributed by atoms with E-state index in [9.17, 15) is 14.3 Å². The Morgan fingerprint density at radius 2 is 2.08 bits per heavy atom. The van der Waals surface area contributed by atoms with Crippen molar-refractivity contribution in [2.45, 2.75) is 60.2 Å². The molecule has 202 valence electrons. The van der Waals surface area contributed by atoms with Gasteiger partial charge in [0.2, 0.25) is 5.91 Å². The van der Waals surface area contributed by atoms with Gasteiger partial charge in [-0.25, -0.2) is 9.37 Å². The molecule has 9 heteroatoms. The smallest absolute Gasteiger partial charge is 0.228 e. The number of anilines is 1. The number of aliphatic imine (C=N–C) groups is 1. The number of halogens is 2. The maximum Gasteiger partial charge on any atom is 0.228 e. The molecule has 2 aromatic rings. The molecule has 1 saturated heterocycles.